The van der Waals surface area contributed by atoms with Gasteiger partial charge in [-0.3, -0.25) is 4.79 Å². The van der Waals surface area contributed by atoms with Crippen molar-refractivity contribution < 1.29 is 23.8 Å². The predicted molar refractivity (Wildman–Crippen MR) is 53.0 cm³/mol. The first-order valence-electron chi connectivity index (χ1n) is 4.13. The summed E-state index contributed by atoms with van der Waals surface area (Å²) in [5.74, 6) is 4.15. The minimum Gasteiger partial charge on any atom is -0.372 e. The normalized spacial score (nSPS) is 7.00. The molecule has 0 unspecified atom stereocenters. The van der Waals surface area contributed by atoms with Crippen LogP contribution in [0.15, 0.2) is 0 Å². The third kappa shape index (κ3) is 8.04. The van der Waals surface area contributed by atoms with Gasteiger partial charge in [-0.1, -0.05) is 18.3 Å². The van der Waals surface area contributed by atoms with Gasteiger partial charge in [-0.05, 0) is 0 Å². The van der Waals surface area contributed by atoms with Crippen LogP contribution in [0.3, 0.4) is 0 Å². The van der Waals surface area contributed by atoms with Crippen LogP contribution >= 0.6 is 0 Å². The van der Waals surface area contributed by atoms with Crippen LogP contribution < -0.4 is 0 Å². The molecule has 0 amide bonds. The topological polar surface area (TPSA) is 61.8 Å². The molecule has 0 rings (SSSR count). The molecule has 0 saturated carbocycles. The average Bonchev–Trinajstić information content (AvgIpc) is 2.26. The molecule has 0 aromatic carbocycles. The van der Waals surface area contributed by atoms with Crippen molar-refractivity contribution in [1.82, 2.24) is 0 Å². The third-order valence-electron chi connectivity index (χ3n) is 1.07. The molecule has 0 aliphatic carbocycles. The smallest absolute Gasteiger partial charge is 0.372 e. The molecule has 0 aliphatic rings. The molecule has 16 heavy (non-hydrogen) atoms. The van der Waals surface area contributed by atoms with Crippen LogP contribution in [0, 0.1) is 36.6 Å². The molecule has 82 valence electrons. The van der Waals surface area contributed by atoms with E-state index < -0.39 is 12.1 Å². The van der Waals surface area contributed by atoms with E-state index in [0.717, 1.165) is 0 Å². The molecule has 0 aromatic rings. The Bertz CT molecular complexity index is 408. The first-order valence-corrected chi connectivity index (χ1v) is 4.13. The van der Waals surface area contributed by atoms with E-state index in [0.29, 0.717) is 0 Å². The van der Waals surface area contributed by atoms with Crippen LogP contribution in [0.4, 0.5) is 4.79 Å². The minimum absolute atomic E-state index is 0.0182. The van der Waals surface area contributed by atoms with Gasteiger partial charge in [-0.15, -0.1) is 0 Å². The summed E-state index contributed by atoms with van der Waals surface area (Å²) in [6.45, 7) is 1.50. The van der Waals surface area contributed by atoms with E-state index in [1.54, 1.807) is 6.11 Å². The van der Waals surface area contributed by atoms with Gasteiger partial charge in [-0.25, -0.2) is 4.79 Å². The second-order valence-corrected chi connectivity index (χ2v) is 2.18. The summed E-state index contributed by atoms with van der Waals surface area (Å²) >= 11 is 0. The summed E-state index contributed by atoms with van der Waals surface area (Å²) < 4.78 is 12.7. The highest BCUT2D eigenvalue weighted by Crippen LogP contribution is 1.90. The van der Waals surface area contributed by atoms with Crippen LogP contribution in [-0.2, 0) is 19.0 Å². The largest absolute Gasteiger partial charge is 0.537 e. The van der Waals surface area contributed by atoms with Gasteiger partial charge in [0.25, 0.3) is 0 Å². The van der Waals surface area contributed by atoms with Crippen LogP contribution in [0.2, 0.25) is 0 Å². The highest BCUT2D eigenvalue weighted by atomic mass is 16.7. The molecular formula is C11H8O5. The molecule has 0 saturated heterocycles. The monoisotopic (exact) mass is 220 g/mol. The minimum atomic E-state index is -1.02. The maximum atomic E-state index is 10.7. The molecule has 0 atom stereocenters. The first-order chi connectivity index (χ1) is 7.70. The molecule has 0 aliphatic heterocycles. The molecule has 0 spiro atoms. The lowest BCUT2D eigenvalue weighted by Gasteiger charge is -1.90. The molecule has 0 bridgehead atoms. The number of ether oxygens (including phenoxy) is 3. The quantitative estimate of drug-likeness (QED) is 0.513. The molecule has 0 radical (unpaired) electrons. The standard InChI is InChI=1S/C11H8O5/c1-3-8-15-11(13)16-9-6-5-7-10(12)14-4-2/h2H,5,7H2,1H3. The van der Waals surface area contributed by atoms with Crippen molar-refractivity contribution in [3.8, 4) is 36.6 Å². The third-order valence-corrected chi connectivity index (χ3v) is 1.07. The summed E-state index contributed by atoms with van der Waals surface area (Å²) in [6, 6.07) is 0. The fourth-order valence-electron chi connectivity index (χ4n) is 0.524. The Morgan fingerprint density at radius 3 is 2.50 bits per heavy atom. The Morgan fingerprint density at radius 2 is 1.88 bits per heavy atom. The van der Waals surface area contributed by atoms with Crippen molar-refractivity contribution in [2.45, 2.75) is 19.8 Å². The Balaban J connectivity index is 3.70. The molecule has 0 aromatic heterocycles. The lowest BCUT2D eigenvalue weighted by Crippen LogP contribution is -1.99. The van der Waals surface area contributed by atoms with Crippen LogP contribution in [0.5, 0.6) is 0 Å². The molecular weight excluding hydrogens is 212 g/mol. The maximum Gasteiger partial charge on any atom is 0.537 e. The van der Waals surface area contributed by atoms with Gasteiger partial charge in [0, 0.05) is 13.3 Å². The number of terminal acetylenes is 1. The van der Waals surface area contributed by atoms with E-state index in [1.807, 2.05) is 12.2 Å². The van der Waals surface area contributed by atoms with E-state index in [9.17, 15) is 9.59 Å². The lowest BCUT2D eigenvalue weighted by molar-refractivity contribution is -0.136. The van der Waals surface area contributed by atoms with E-state index in [-0.39, 0.29) is 12.8 Å². The van der Waals surface area contributed by atoms with Crippen molar-refractivity contribution >= 4 is 12.1 Å². The van der Waals surface area contributed by atoms with Crippen molar-refractivity contribution in [2.75, 3.05) is 0 Å². The Kier molecular flexibility index (Phi) is 7.54. The van der Waals surface area contributed by atoms with Crippen molar-refractivity contribution in [2.24, 2.45) is 0 Å². The molecule has 0 fully saturated rings. The Morgan fingerprint density at radius 1 is 1.19 bits per heavy atom. The maximum absolute atomic E-state index is 10.7. The molecule has 5 heteroatoms. The van der Waals surface area contributed by atoms with Gasteiger partial charge in [0.1, 0.15) is 18.3 Å². The first kappa shape index (κ1) is 13.4. The van der Waals surface area contributed by atoms with Crippen LogP contribution in [0.1, 0.15) is 19.8 Å². The summed E-state index contributed by atoms with van der Waals surface area (Å²) in [5, 5.41) is 0. The van der Waals surface area contributed by atoms with E-state index >= 15 is 0 Å². The number of esters is 1. The zero-order valence-electron chi connectivity index (χ0n) is 8.53. The fraction of sp³-hybridized carbons (Fsp3) is 0.273. The zero-order chi connectivity index (χ0) is 12.2. The number of hydrogen-bond acceptors (Lipinski definition) is 5. The van der Waals surface area contributed by atoms with E-state index in [2.05, 4.69) is 26.1 Å². The van der Waals surface area contributed by atoms with Gasteiger partial charge in [0.05, 0.1) is 6.42 Å². The zero-order valence-corrected chi connectivity index (χ0v) is 8.53. The lowest BCUT2D eigenvalue weighted by atomic mass is 10.3. The number of rotatable bonds is 2. The van der Waals surface area contributed by atoms with Crippen LogP contribution in [-0.4, -0.2) is 12.1 Å². The molecule has 5 nitrogen and oxygen atoms in total. The van der Waals surface area contributed by atoms with Gasteiger partial charge in [-0.2, -0.15) is 0 Å². The van der Waals surface area contributed by atoms with Crippen LogP contribution in [0.25, 0.3) is 0 Å². The Hall–Kier alpha value is -2.58. The molecule has 0 N–H and O–H groups in total. The summed E-state index contributed by atoms with van der Waals surface area (Å²) in [4.78, 5) is 21.3. The highest BCUT2D eigenvalue weighted by molar-refractivity contribution is 5.70. The van der Waals surface area contributed by atoms with E-state index in [1.165, 1.54) is 6.92 Å². The SMILES string of the molecule is C#COC(=O)CCC#COC(=O)OC#CC. The summed E-state index contributed by atoms with van der Waals surface area (Å²) in [7, 11) is 0. The number of hydrogen-bond donors (Lipinski definition) is 0. The predicted octanol–water partition coefficient (Wildman–Crippen LogP) is 0.995. The van der Waals surface area contributed by atoms with Gasteiger partial charge in [0.2, 0.25) is 0 Å². The number of carbonyl (C=O) groups excluding carboxylic acids is 2. The number of carbonyl (C=O) groups is 2. The van der Waals surface area contributed by atoms with Crippen molar-refractivity contribution in [3.63, 3.8) is 0 Å². The van der Waals surface area contributed by atoms with E-state index in [4.69, 9.17) is 6.42 Å². The second-order valence-electron chi connectivity index (χ2n) is 2.18. The molecule has 0 heterocycles. The highest BCUT2D eigenvalue weighted by Gasteiger charge is 2.00. The van der Waals surface area contributed by atoms with Crippen molar-refractivity contribution in [1.29, 1.82) is 0 Å². The van der Waals surface area contributed by atoms with Crippen molar-refractivity contribution in [3.05, 3.63) is 0 Å². The van der Waals surface area contributed by atoms with Gasteiger partial charge in [0.15, 0.2) is 0 Å². The van der Waals surface area contributed by atoms with Gasteiger partial charge < -0.3 is 14.2 Å². The van der Waals surface area contributed by atoms with Gasteiger partial charge >= 0.3 is 12.1 Å². The Labute approximate surface area is 93.1 Å². The summed E-state index contributed by atoms with van der Waals surface area (Å²) in [6.07, 6.45) is 9.68. The fourth-order valence-corrected chi connectivity index (χ4v) is 0.524. The average molecular weight is 220 g/mol. The second kappa shape index (κ2) is 8.99. The summed E-state index contributed by atoms with van der Waals surface area (Å²) in [5.41, 5.74) is 0.